The molecule has 3 N–H and O–H groups in total. The van der Waals surface area contributed by atoms with E-state index in [1.54, 1.807) is 14.2 Å². The molecule has 0 aromatic carbocycles. The average molecular weight is 262 g/mol. The minimum absolute atomic E-state index is 0.316. The second-order valence-electron chi connectivity index (χ2n) is 4.87. The Morgan fingerprint density at radius 1 is 1.37 bits per heavy atom. The molecular weight excluding hydrogens is 244 g/mol. The Bertz CT molecular complexity index is 592. The molecule has 1 saturated carbocycles. The standard InChI is InChI=1S/C13H18N4O2/c1-18-12-11-10(16-13(17-12)19-2)9(6-15-11)8(5-14)7-3-4-7/h6-8,15H,3-5,14H2,1-2H3. The van der Waals surface area contributed by atoms with E-state index in [2.05, 4.69) is 15.0 Å². The molecule has 0 aliphatic heterocycles. The Morgan fingerprint density at radius 2 is 2.16 bits per heavy atom. The Hall–Kier alpha value is -1.82. The van der Waals surface area contributed by atoms with Crippen molar-refractivity contribution in [2.45, 2.75) is 18.8 Å². The number of ether oxygens (including phenoxy) is 2. The first-order valence-electron chi connectivity index (χ1n) is 6.45. The number of nitrogens with two attached hydrogens (primary N) is 1. The third-order valence-corrected chi connectivity index (χ3v) is 3.72. The summed E-state index contributed by atoms with van der Waals surface area (Å²) in [7, 11) is 3.14. The number of nitrogens with one attached hydrogen (secondary N) is 1. The van der Waals surface area contributed by atoms with Crippen LogP contribution in [0.2, 0.25) is 0 Å². The number of aromatic nitrogens is 3. The lowest BCUT2D eigenvalue weighted by atomic mass is 9.96. The molecule has 6 nitrogen and oxygen atoms in total. The van der Waals surface area contributed by atoms with E-state index >= 15 is 0 Å². The minimum atomic E-state index is 0.316. The van der Waals surface area contributed by atoms with E-state index in [0.717, 1.165) is 16.6 Å². The Balaban J connectivity index is 2.14. The molecule has 6 heteroatoms. The fourth-order valence-electron chi connectivity index (χ4n) is 2.57. The fourth-order valence-corrected chi connectivity index (χ4v) is 2.57. The van der Waals surface area contributed by atoms with Crippen molar-refractivity contribution in [3.63, 3.8) is 0 Å². The van der Waals surface area contributed by atoms with Crippen LogP contribution in [0.25, 0.3) is 11.0 Å². The highest BCUT2D eigenvalue weighted by molar-refractivity contribution is 5.84. The van der Waals surface area contributed by atoms with Gasteiger partial charge >= 0.3 is 6.01 Å². The molecule has 0 spiro atoms. The van der Waals surface area contributed by atoms with Crippen LogP contribution in [0.3, 0.4) is 0 Å². The SMILES string of the molecule is COc1nc(OC)c2[nH]cc(C(CN)C3CC3)c2n1. The van der Waals surface area contributed by atoms with Gasteiger partial charge in [0.15, 0.2) is 0 Å². The summed E-state index contributed by atoms with van der Waals surface area (Å²) in [5.74, 6) is 1.52. The van der Waals surface area contributed by atoms with E-state index in [1.807, 2.05) is 6.20 Å². The van der Waals surface area contributed by atoms with Crippen molar-refractivity contribution < 1.29 is 9.47 Å². The van der Waals surface area contributed by atoms with Crippen molar-refractivity contribution in [1.82, 2.24) is 15.0 Å². The first-order chi connectivity index (χ1) is 9.28. The molecular formula is C13H18N4O2. The first-order valence-corrected chi connectivity index (χ1v) is 6.45. The molecule has 1 atom stereocenters. The maximum absolute atomic E-state index is 5.92. The molecule has 19 heavy (non-hydrogen) atoms. The van der Waals surface area contributed by atoms with Crippen LogP contribution in [0.15, 0.2) is 6.20 Å². The third-order valence-electron chi connectivity index (χ3n) is 3.72. The van der Waals surface area contributed by atoms with Gasteiger partial charge < -0.3 is 20.2 Å². The van der Waals surface area contributed by atoms with E-state index in [0.29, 0.717) is 30.3 Å². The highest BCUT2D eigenvalue weighted by atomic mass is 16.5. The normalized spacial score (nSPS) is 16.6. The summed E-state index contributed by atoms with van der Waals surface area (Å²) in [6, 6.07) is 0.316. The largest absolute Gasteiger partial charge is 0.479 e. The molecule has 0 radical (unpaired) electrons. The molecule has 1 aliphatic carbocycles. The number of nitrogens with zero attached hydrogens (tertiary/aromatic N) is 2. The molecule has 0 bridgehead atoms. The second-order valence-corrected chi connectivity index (χ2v) is 4.87. The highest BCUT2D eigenvalue weighted by Gasteiger charge is 2.33. The van der Waals surface area contributed by atoms with E-state index in [1.165, 1.54) is 12.8 Å². The molecule has 1 fully saturated rings. The van der Waals surface area contributed by atoms with Crippen LogP contribution < -0.4 is 15.2 Å². The van der Waals surface area contributed by atoms with Gasteiger partial charge in [-0.15, -0.1) is 0 Å². The summed E-state index contributed by atoms with van der Waals surface area (Å²) in [5.41, 5.74) is 8.71. The monoisotopic (exact) mass is 262 g/mol. The number of hydrogen-bond donors (Lipinski definition) is 2. The van der Waals surface area contributed by atoms with Crippen LogP contribution >= 0.6 is 0 Å². The van der Waals surface area contributed by atoms with Crippen molar-refractivity contribution >= 4 is 11.0 Å². The molecule has 2 aromatic heterocycles. The number of fused-ring (bicyclic) bond motifs is 1. The van der Waals surface area contributed by atoms with Crippen LogP contribution in [-0.2, 0) is 0 Å². The molecule has 3 rings (SSSR count). The van der Waals surface area contributed by atoms with Crippen molar-refractivity contribution in [3.8, 4) is 11.9 Å². The molecule has 1 unspecified atom stereocenters. The van der Waals surface area contributed by atoms with Crippen molar-refractivity contribution in [2.75, 3.05) is 20.8 Å². The number of rotatable bonds is 5. The van der Waals surface area contributed by atoms with Crippen molar-refractivity contribution in [1.29, 1.82) is 0 Å². The van der Waals surface area contributed by atoms with Gasteiger partial charge in [-0.05, 0) is 25.3 Å². The lowest BCUT2D eigenvalue weighted by Gasteiger charge is -2.12. The molecule has 102 valence electrons. The van der Waals surface area contributed by atoms with E-state index < -0.39 is 0 Å². The maximum atomic E-state index is 5.92. The zero-order chi connectivity index (χ0) is 13.4. The number of methoxy groups -OCH3 is 2. The second kappa shape index (κ2) is 4.70. The third kappa shape index (κ3) is 2.02. The minimum Gasteiger partial charge on any atom is -0.479 e. The number of hydrogen-bond acceptors (Lipinski definition) is 5. The fraction of sp³-hybridized carbons (Fsp3) is 0.538. The van der Waals surface area contributed by atoms with Gasteiger partial charge in [0, 0.05) is 17.7 Å². The van der Waals surface area contributed by atoms with Crippen LogP contribution in [-0.4, -0.2) is 35.7 Å². The van der Waals surface area contributed by atoms with E-state index in [4.69, 9.17) is 15.2 Å². The van der Waals surface area contributed by atoms with Crippen molar-refractivity contribution in [2.24, 2.45) is 11.7 Å². The van der Waals surface area contributed by atoms with E-state index in [9.17, 15) is 0 Å². The van der Waals surface area contributed by atoms with Crippen LogP contribution in [0.5, 0.6) is 11.9 Å². The summed E-state index contributed by atoms with van der Waals surface area (Å²) >= 11 is 0. The van der Waals surface area contributed by atoms with Crippen molar-refractivity contribution in [3.05, 3.63) is 11.8 Å². The van der Waals surface area contributed by atoms with Crippen LogP contribution in [0.4, 0.5) is 0 Å². The van der Waals surface area contributed by atoms with Crippen LogP contribution in [0.1, 0.15) is 24.3 Å². The van der Waals surface area contributed by atoms with Gasteiger partial charge in [-0.25, -0.2) is 0 Å². The van der Waals surface area contributed by atoms with Gasteiger partial charge in [-0.2, -0.15) is 9.97 Å². The zero-order valence-electron chi connectivity index (χ0n) is 11.1. The van der Waals surface area contributed by atoms with Gasteiger partial charge in [0.2, 0.25) is 5.88 Å². The van der Waals surface area contributed by atoms with Gasteiger partial charge in [0.05, 0.1) is 14.2 Å². The summed E-state index contributed by atoms with van der Waals surface area (Å²) in [4.78, 5) is 11.8. The Kier molecular flexibility index (Phi) is 3.02. The Morgan fingerprint density at radius 3 is 2.74 bits per heavy atom. The van der Waals surface area contributed by atoms with Gasteiger partial charge in [0.1, 0.15) is 11.0 Å². The van der Waals surface area contributed by atoms with Gasteiger partial charge in [-0.1, -0.05) is 0 Å². The smallest absolute Gasteiger partial charge is 0.320 e. The summed E-state index contributed by atoms with van der Waals surface area (Å²) < 4.78 is 10.4. The summed E-state index contributed by atoms with van der Waals surface area (Å²) in [5, 5.41) is 0. The quantitative estimate of drug-likeness (QED) is 0.851. The van der Waals surface area contributed by atoms with Crippen LogP contribution in [0, 0.1) is 5.92 Å². The molecule has 0 saturated heterocycles. The molecule has 2 aromatic rings. The maximum Gasteiger partial charge on any atom is 0.320 e. The Labute approximate surface area is 111 Å². The first kappa shape index (κ1) is 12.2. The lowest BCUT2D eigenvalue weighted by molar-refractivity contribution is 0.356. The average Bonchev–Trinajstić information content (AvgIpc) is 3.19. The topological polar surface area (TPSA) is 86.0 Å². The predicted molar refractivity (Wildman–Crippen MR) is 71.5 cm³/mol. The van der Waals surface area contributed by atoms with Gasteiger partial charge in [-0.3, -0.25) is 0 Å². The highest BCUT2D eigenvalue weighted by Crippen LogP contribution is 2.44. The summed E-state index contributed by atoms with van der Waals surface area (Å²) in [6.07, 6.45) is 4.46. The number of aromatic amines is 1. The molecule has 1 aliphatic rings. The molecule has 0 amide bonds. The summed E-state index contributed by atoms with van der Waals surface area (Å²) in [6.45, 7) is 0.631. The lowest BCUT2D eigenvalue weighted by Crippen LogP contribution is -2.14. The number of H-pyrrole nitrogens is 1. The van der Waals surface area contributed by atoms with E-state index in [-0.39, 0.29) is 0 Å². The van der Waals surface area contributed by atoms with Gasteiger partial charge in [0.25, 0.3) is 0 Å². The molecule has 2 heterocycles. The predicted octanol–water partition coefficient (Wildman–Crippen LogP) is 1.43. The zero-order valence-corrected chi connectivity index (χ0v) is 11.1.